The van der Waals surface area contributed by atoms with Crippen LogP contribution in [0.4, 0.5) is 5.69 Å². The van der Waals surface area contributed by atoms with Crippen molar-refractivity contribution in [1.82, 2.24) is 9.80 Å². The Balaban J connectivity index is 1.53. The minimum absolute atomic E-state index is 0.688. The van der Waals surface area contributed by atoms with Gasteiger partial charge in [-0.2, -0.15) is 0 Å². The van der Waals surface area contributed by atoms with Gasteiger partial charge in [-0.25, -0.2) is 0 Å². The van der Waals surface area contributed by atoms with Crippen molar-refractivity contribution in [2.24, 2.45) is 5.92 Å². The molecule has 1 aromatic carbocycles. The Morgan fingerprint density at radius 2 is 1.88 bits per heavy atom. The van der Waals surface area contributed by atoms with Crippen LogP contribution in [0.2, 0.25) is 5.02 Å². The fourth-order valence-electron chi connectivity index (χ4n) is 4.59. The van der Waals surface area contributed by atoms with E-state index in [9.17, 15) is 0 Å². The minimum atomic E-state index is 0.688. The Labute approximate surface area is 169 Å². The molecule has 2 aliphatic rings. The van der Waals surface area contributed by atoms with Crippen LogP contribution in [0.15, 0.2) is 18.2 Å². The molecular weight excluding hydrogens is 362 g/mol. The molecule has 1 aliphatic carbocycles. The zero-order valence-electron chi connectivity index (χ0n) is 16.3. The number of hydrogen-bond acceptors (Lipinski definition) is 2. The van der Waals surface area contributed by atoms with Crippen LogP contribution in [0.25, 0.3) is 0 Å². The summed E-state index contributed by atoms with van der Waals surface area (Å²) in [5, 5.41) is 4.99. The molecule has 0 spiro atoms. The summed E-state index contributed by atoms with van der Waals surface area (Å²) < 4.78 is 0. The highest BCUT2D eigenvalue weighted by Gasteiger charge is 2.31. The van der Waals surface area contributed by atoms with Crippen molar-refractivity contribution in [2.75, 3.05) is 25.5 Å². The van der Waals surface area contributed by atoms with Gasteiger partial charge in [-0.05, 0) is 75.5 Å². The van der Waals surface area contributed by atoms with Crippen LogP contribution >= 0.6 is 23.8 Å². The van der Waals surface area contributed by atoms with E-state index in [0.29, 0.717) is 6.04 Å². The molecule has 144 valence electrons. The van der Waals surface area contributed by atoms with Crippen molar-refractivity contribution in [3.05, 3.63) is 28.8 Å². The number of hydrogen-bond donors (Lipinski definition) is 1. The number of rotatable bonds is 3. The van der Waals surface area contributed by atoms with E-state index in [2.05, 4.69) is 29.1 Å². The molecule has 2 fully saturated rings. The van der Waals surface area contributed by atoms with Crippen molar-refractivity contribution < 1.29 is 0 Å². The van der Waals surface area contributed by atoms with Gasteiger partial charge in [0, 0.05) is 35.9 Å². The first kappa shape index (κ1) is 19.9. The van der Waals surface area contributed by atoms with Gasteiger partial charge in [0.05, 0.1) is 0 Å². The lowest BCUT2D eigenvalue weighted by Gasteiger charge is -2.44. The summed E-state index contributed by atoms with van der Waals surface area (Å²) in [6.45, 7) is 6.52. The lowest BCUT2D eigenvalue weighted by Crippen LogP contribution is -2.51. The molecule has 0 amide bonds. The van der Waals surface area contributed by atoms with Gasteiger partial charge in [0.2, 0.25) is 0 Å². The van der Waals surface area contributed by atoms with Crippen LogP contribution < -0.4 is 5.32 Å². The van der Waals surface area contributed by atoms with Crippen LogP contribution in [0.3, 0.4) is 0 Å². The number of likely N-dealkylation sites (tertiary alicyclic amines) is 1. The van der Waals surface area contributed by atoms with E-state index in [0.717, 1.165) is 46.4 Å². The third-order valence-corrected chi connectivity index (χ3v) is 7.20. The summed E-state index contributed by atoms with van der Waals surface area (Å²) in [6.07, 6.45) is 7.94. The number of thiocarbonyl (C=S) groups is 1. The van der Waals surface area contributed by atoms with Crippen LogP contribution in [0, 0.1) is 12.8 Å². The molecular formula is C21H32ClN3S. The molecule has 26 heavy (non-hydrogen) atoms. The van der Waals surface area contributed by atoms with Crippen LogP contribution in [0.5, 0.6) is 0 Å². The maximum absolute atomic E-state index is 6.22. The average molecular weight is 394 g/mol. The first-order valence-corrected chi connectivity index (χ1v) is 10.8. The molecule has 2 unspecified atom stereocenters. The fraction of sp³-hybridized carbons (Fsp3) is 0.667. The van der Waals surface area contributed by atoms with Gasteiger partial charge >= 0.3 is 0 Å². The number of benzene rings is 1. The first-order valence-electron chi connectivity index (χ1n) is 10.0. The number of anilines is 1. The van der Waals surface area contributed by atoms with Gasteiger partial charge in [0.15, 0.2) is 5.11 Å². The van der Waals surface area contributed by atoms with Gasteiger partial charge in [-0.3, -0.25) is 0 Å². The monoisotopic (exact) mass is 393 g/mol. The van der Waals surface area contributed by atoms with E-state index in [4.69, 9.17) is 23.8 Å². The van der Waals surface area contributed by atoms with Crippen molar-refractivity contribution in [3.63, 3.8) is 0 Å². The predicted octanol–water partition coefficient (Wildman–Crippen LogP) is 5.32. The highest BCUT2D eigenvalue weighted by atomic mass is 35.5. The summed E-state index contributed by atoms with van der Waals surface area (Å²) in [6, 6.07) is 7.37. The molecule has 0 radical (unpaired) electrons. The van der Waals surface area contributed by atoms with E-state index in [1.807, 2.05) is 25.1 Å². The molecule has 0 aromatic heterocycles. The van der Waals surface area contributed by atoms with E-state index in [1.54, 1.807) is 0 Å². The minimum Gasteiger partial charge on any atom is -0.349 e. The number of piperidine rings is 1. The van der Waals surface area contributed by atoms with E-state index in [1.165, 1.54) is 38.5 Å². The summed E-state index contributed by atoms with van der Waals surface area (Å²) in [5.41, 5.74) is 2.06. The zero-order chi connectivity index (χ0) is 18.7. The summed E-state index contributed by atoms with van der Waals surface area (Å²) in [4.78, 5) is 4.99. The maximum Gasteiger partial charge on any atom is 0.173 e. The van der Waals surface area contributed by atoms with Gasteiger partial charge in [-0.1, -0.05) is 37.4 Å². The second-order valence-corrected chi connectivity index (χ2v) is 8.85. The normalized spacial score (nSPS) is 24.7. The maximum atomic E-state index is 6.22. The molecule has 3 nitrogen and oxygen atoms in total. The average Bonchev–Trinajstić information content (AvgIpc) is 2.65. The van der Waals surface area contributed by atoms with Gasteiger partial charge in [0.25, 0.3) is 0 Å². The predicted molar refractivity (Wildman–Crippen MR) is 116 cm³/mol. The second kappa shape index (κ2) is 8.90. The van der Waals surface area contributed by atoms with E-state index >= 15 is 0 Å². The largest absolute Gasteiger partial charge is 0.349 e. The quantitative estimate of drug-likeness (QED) is 0.700. The third-order valence-electron chi connectivity index (χ3n) is 6.43. The lowest BCUT2D eigenvalue weighted by molar-refractivity contribution is 0.0691. The highest BCUT2D eigenvalue weighted by molar-refractivity contribution is 7.80. The number of halogens is 1. The highest BCUT2D eigenvalue weighted by Crippen LogP contribution is 2.31. The molecule has 1 saturated heterocycles. The van der Waals surface area contributed by atoms with Crippen molar-refractivity contribution >= 4 is 34.6 Å². The molecule has 2 atom stereocenters. The standard InChI is InChI=1S/C21H32ClN3S/c1-15-7-4-5-10-20(15)24(3)17-11-13-25(14-12-17)21(26)23-19-9-6-8-18(22)16(19)2/h6,8-9,15,17,20H,4-5,7,10-14H2,1-3H3,(H,23,26). The summed E-state index contributed by atoms with van der Waals surface area (Å²) in [5.74, 6) is 0.834. The molecule has 1 N–H and O–H groups in total. The van der Waals surface area contributed by atoms with Gasteiger partial charge in [-0.15, -0.1) is 0 Å². The van der Waals surface area contributed by atoms with Crippen LogP contribution in [-0.2, 0) is 0 Å². The molecule has 1 saturated carbocycles. The van der Waals surface area contributed by atoms with E-state index in [-0.39, 0.29) is 0 Å². The molecule has 0 bridgehead atoms. The van der Waals surface area contributed by atoms with Gasteiger partial charge in [0.1, 0.15) is 0 Å². The lowest BCUT2D eigenvalue weighted by atomic mass is 9.84. The third kappa shape index (κ3) is 4.52. The fourth-order valence-corrected chi connectivity index (χ4v) is 5.05. The van der Waals surface area contributed by atoms with Gasteiger partial charge < -0.3 is 15.1 Å². The Bertz CT molecular complexity index is 628. The van der Waals surface area contributed by atoms with Crippen molar-refractivity contribution in [1.29, 1.82) is 0 Å². The molecule has 3 rings (SSSR count). The Morgan fingerprint density at radius 3 is 2.58 bits per heavy atom. The SMILES string of the molecule is Cc1c(Cl)cccc1NC(=S)N1CCC(N(C)C2CCCCC2C)CC1. The van der Waals surface area contributed by atoms with Crippen LogP contribution in [0.1, 0.15) is 51.0 Å². The Kier molecular flexibility index (Phi) is 6.81. The Hall–Kier alpha value is -0.840. The van der Waals surface area contributed by atoms with Crippen LogP contribution in [-0.4, -0.2) is 47.1 Å². The summed E-state index contributed by atoms with van der Waals surface area (Å²) in [7, 11) is 2.35. The molecule has 1 aromatic rings. The molecule has 1 heterocycles. The number of nitrogens with one attached hydrogen (secondary N) is 1. The smallest absolute Gasteiger partial charge is 0.173 e. The second-order valence-electron chi connectivity index (χ2n) is 8.06. The molecule has 5 heteroatoms. The summed E-state index contributed by atoms with van der Waals surface area (Å²) >= 11 is 11.9. The molecule has 1 aliphatic heterocycles. The number of nitrogens with zero attached hydrogens (tertiary/aromatic N) is 2. The van der Waals surface area contributed by atoms with Crippen molar-refractivity contribution in [3.8, 4) is 0 Å². The zero-order valence-corrected chi connectivity index (χ0v) is 17.9. The topological polar surface area (TPSA) is 18.5 Å². The van der Waals surface area contributed by atoms with Crippen molar-refractivity contribution in [2.45, 2.75) is 64.5 Å². The Morgan fingerprint density at radius 1 is 1.19 bits per heavy atom. The van der Waals surface area contributed by atoms with E-state index < -0.39 is 0 Å². The first-order chi connectivity index (χ1) is 12.5.